The highest BCUT2D eigenvalue weighted by Gasteiger charge is 2.31. The van der Waals surface area contributed by atoms with Gasteiger partial charge in [0.05, 0.1) is 19.3 Å². The fourth-order valence-corrected chi connectivity index (χ4v) is 4.37. The zero-order chi connectivity index (χ0) is 17.1. The van der Waals surface area contributed by atoms with Crippen molar-refractivity contribution < 1.29 is 9.53 Å². The molecule has 5 heteroatoms. The largest absolute Gasteiger partial charge is 0.374 e. The number of aryl methyl sites for hydroxylation is 2. The third-order valence-corrected chi connectivity index (χ3v) is 5.51. The fraction of sp³-hybridized carbons (Fsp3) is 0.421. The van der Waals surface area contributed by atoms with E-state index in [9.17, 15) is 4.79 Å². The minimum Gasteiger partial charge on any atom is -0.374 e. The molecule has 3 nitrogen and oxygen atoms in total. The summed E-state index contributed by atoms with van der Waals surface area (Å²) in [7, 11) is 0. The lowest BCUT2D eigenvalue weighted by Gasteiger charge is -2.25. The molecule has 1 saturated heterocycles. The lowest BCUT2D eigenvalue weighted by molar-refractivity contribution is -0.130. The van der Waals surface area contributed by atoms with Crippen LogP contribution in [0.3, 0.4) is 0 Å². The van der Waals surface area contributed by atoms with E-state index < -0.39 is 0 Å². The Morgan fingerprint density at radius 1 is 1.29 bits per heavy atom. The number of rotatable bonds is 6. The Morgan fingerprint density at radius 2 is 2.12 bits per heavy atom. The van der Waals surface area contributed by atoms with Gasteiger partial charge in [0.1, 0.15) is 0 Å². The molecule has 0 aliphatic carbocycles. The third-order valence-electron chi connectivity index (χ3n) is 4.28. The highest BCUT2D eigenvalue weighted by atomic mass is 32.1. The summed E-state index contributed by atoms with van der Waals surface area (Å²) in [6.07, 6.45) is 1.49. The molecule has 1 amide bonds. The molecule has 1 fully saturated rings. The summed E-state index contributed by atoms with van der Waals surface area (Å²) in [4.78, 5) is 17.7. The Kier molecular flexibility index (Phi) is 5.64. The second-order valence-electron chi connectivity index (χ2n) is 6.42. The van der Waals surface area contributed by atoms with Gasteiger partial charge in [-0.3, -0.25) is 4.79 Å². The topological polar surface area (TPSA) is 29.5 Å². The van der Waals surface area contributed by atoms with Crippen molar-refractivity contribution in [2.24, 2.45) is 0 Å². The van der Waals surface area contributed by atoms with E-state index in [2.05, 4.69) is 44.7 Å². The van der Waals surface area contributed by atoms with E-state index in [1.807, 2.05) is 17.0 Å². The Labute approximate surface area is 153 Å². The number of thiol groups is 1. The number of hydrogen-bond donors (Lipinski definition) is 1. The van der Waals surface area contributed by atoms with Gasteiger partial charge in [0.2, 0.25) is 5.91 Å². The van der Waals surface area contributed by atoms with Gasteiger partial charge < -0.3 is 9.64 Å². The molecule has 128 valence electrons. The number of likely N-dealkylation sites (tertiary alicyclic amines) is 1. The molecule has 0 saturated carbocycles. The predicted molar refractivity (Wildman–Crippen MR) is 101 cm³/mol. The van der Waals surface area contributed by atoms with E-state index in [1.165, 1.54) is 15.3 Å². The molecule has 0 bridgehead atoms. The van der Waals surface area contributed by atoms with Crippen molar-refractivity contribution in [3.63, 3.8) is 0 Å². The smallest absolute Gasteiger partial charge is 0.223 e. The highest BCUT2D eigenvalue weighted by molar-refractivity contribution is 7.80. The fourth-order valence-electron chi connectivity index (χ4n) is 3.17. The molecule has 1 aliphatic rings. The summed E-state index contributed by atoms with van der Waals surface area (Å²) in [6.45, 7) is 6.02. The minimum absolute atomic E-state index is 0.169. The number of benzene rings is 1. The molecule has 0 unspecified atom stereocenters. The van der Waals surface area contributed by atoms with E-state index in [0.717, 1.165) is 16.9 Å². The van der Waals surface area contributed by atoms with E-state index >= 15 is 0 Å². The molecule has 1 aromatic heterocycles. The van der Waals surface area contributed by atoms with Crippen LogP contribution in [0.5, 0.6) is 0 Å². The molecule has 3 rings (SSSR count). The number of nitrogens with zero attached hydrogens (tertiary/aromatic N) is 1. The predicted octanol–water partition coefficient (Wildman–Crippen LogP) is 4.36. The van der Waals surface area contributed by atoms with E-state index in [-0.39, 0.29) is 11.9 Å². The van der Waals surface area contributed by atoms with Gasteiger partial charge in [-0.2, -0.15) is 0 Å². The molecule has 24 heavy (non-hydrogen) atoms. The summed E-state index contributed by atoms with van der Waals surface area (Å²) in [5, 5.41) is 0. The summed E-state index contributed by atoms with van der Waals surface area (Å²) in [5.74, 6) is 0.220. The second-order valence-corrected chi connectivity index (χ2v) is 8.31. The molecule has 1 aliphatic heterocycles. The maximum atomic E-state index is 12.2. The highest BCUT2D eigenvalue weighted by Crippen LogP contribution is 2.24. The van der Waals surface area contributed by atoms with Crippen molar-refractivity contribution in [1.29, 1.82) is 0 Å². The molecule has 2 heterocycles. The number of thiophene rings is 1. The van der Waals surface area contributed by atoms with E-state index in [4.69, 9.17) is 4.74 Å². The number of ether oxygens (including phenoxy) is 1. The summed E-state index contributed by atoms with van der Waals surface area (Å²) in [6, 6.07) is 10.6. The van der Waals surface area contributed by atoms with Gasteiger partial charge in [-0.25, -0.2) is 0 Å². The Morgan fingerprint density at radius 3 is 2.83 bits per heavy atom. The zero-order valence-corrected chi connectivity index (χ0v) is 15.8. The second kappa shape index (κ2) is 7.72. The van der Waals surface area contributed by atoms with E-state index in [0.29, 0.717) is 26.2 Å². The minimum atomic E-state index is 0.169. The van der Waals surface area contributed by atoms with Crippen LogP contribution in [0, 0.1) is 13.8 Å². The van der Waals surface area contributed by atoms with Gasteiger partial charge in [-0.15, -0.1) is 24.0 Å². The standard InChI is InChI=1S/C19H23NO2S2/c1-13-7-15(9-17(23)8-13)10-20-16(4-6-19(20)21)11-22-12-18-5-3-14(2)24-18/h3,5,7-9,16,23H,4,6,10-12H2,1-2H3/t16-/m1/s1. The van der Waals surface area contributed by atoms with Crippen LogP contribution in [0.4, 0.5) is 0 Å². The summed E-state index contributed by atoms with van der Waals surface area (Å²) in [5.41, 5.74) is 2.30. The van der Waals surface area contributed by atoms with Crippen LogP contribution in [-0.4, -0.2) is 23.5 Å². The Hall–Kier alpha value is -1.30. The lowest BCUT2D eigenvalue weighted by Crippen LogP contribution is -2.35. The Balaban J connectivity index is 1.59. The number of amides is 1. The van der Waals surface area contributed by atoms with Gasteiger partial charge >= 0.3 is 0 Å². The lowest BCUT2D eigenvalue weighted by atomic mass is 10.1. The molecule has 0 N–H and O–H groups in total. The number of carbonyl (C=O) groups is 1. The number of hydrogen-bond acceptors (Lipinski definition) is 4. The molecular formula is C19H23NO2S2. The van der Waals surface area contributed by atoms with Crippen molar-refractivity contribution in [3.05, 3.63) is 51.2 Å². The van der Waals surface area contributed by atoms with Crippen LogP contribution in [0.15, 0.2) is 35.2 Å². The van der Waals surface area contributed by atoms with Crippen molar-refractivity contribution in [3.8, 4) is 0 Å². The van der Waals surface area contributed by atoms with Gasteiger partial charge in [0.15, 0.2) is 0 Å². The average molecular weight is 362 g/mol. The molecule has 1 atom stereocenters. The molecule has 0 spiro atoms. The van der Waals surface area contributed by atoms with Crippen molar-refractivity contribution in [1.82, 2.24) is 4.90 Å². The number of carbonyl (C=O) groups excluding carboxylic acids is 1. The van der Waals surface area contributed by atoms with Crippen molar-refractivity contribution in [2.75, 3.05) is 6.61 Å². The maximum absolute atomic E-state index is 12.2. The Bertz CT molecular complexity index is 706. The first kappa shape index (κ1) is 17.5. The normalized spacial score (nSPS) is 17.7. The average Bonchev–Trinajstić information content (AvgIpc) is 3.06. The SMILES string of the molecule is Cc1cc(S)cc(CN2C(=O)CC[C@@H]2COCc2ccc(C)s2)c1. The van der Waals surface area contributed by atoms with Gasteiger partial charge in [-0.05, 0) is 55.7 Å². The van der Waals surface area contributed by atoms with Crippen molar-refractivity contribution >= 4 is 29.9 Å². The monoisotopic (exact) mass is 361 g/mol. The van der Waals surface area contributed by atoms with Gasteiger partial charge in [0.25, 0.3) is 0 Å². The zero-order valence-electron chi connectivity index (χ0n) is 14.1. The first-order valence-corrected chi connectivity index (χ1v) is 9.49. The van der Waals surface area contributed by atoms with Crippen LogP contribution in [0.25, 0.3) is 0 Å². The first-order chi connectivity index (χ1) is 11.5. The van der Waals surface area contributed by atoms with Gasteiger partial charge in [-0.1, -0.05) is 6.07 Å². The van der Waals surface area contributed by atoms with Crippen LogP contribution < -0.4 is 0 Å². The van der Waals surface area contributed by atoms with Crippen LogP contribution in [0.1, 0.15) is 33.7 Å². The molecule has 1 aromatic carbocycles. The van der Waals surface area contributed by atoms with Crippen LogP contribution in [0.2, 0.25) is 0 Å². The van der Waals surface area contributed by atoms with E-state index in [1.54, 1.807) is 11.3 Å². The summed E-state index contributed by atoms with van der Waals surface area (Å²) >= 11 is 6.20. The third kappa shape index (κ3) is 4.41. The quantitative estimate of drug-likeness (QED) is 0.775. The first-order valence-electron chi connectivity index (χ1n) is 8.23. The molecular weight excluding hydrogens is 338 g/mol. The van der Waals surface area contributed by atoms with Crippen LogP contribution >= 0.6 is 24.0 Å². The molecule has 2 aromatic rings. The van der Waals surface area contributed by atoms with Gasteiger partial charge in [0, 0.05) is 27.6 Å². The van der Waals surface area contributed by atoms with Crippen LogP contribution in [-0.2, 0) is 22.7 Å². The maximum Gasteiger partial charge on any atom is 0.223 e. The van der Waals surface area contributed by atoms with Crippen molar-refractivity contribution in [2.45, 2.75) is 50.8 Å². The molecule has 0 radical (unpaired) electrons. The summed E-state index contributed by atoms with van der Waals surface area (Å²) < 4.78 is 5.88.